The van der Waals surface area contributed by atoms with Crippen molar-refractivity contribution in [2.45, 2.75) is 50.4 Å². The van der Waals surface area contributed by atoms with E-state index >= 15 is 0 Å². The van der Waals surface area contributed by atoms with Gasteiger partial charge < -0.3 is 10.2 Å². The largest absolute Gasteiger partial charge is 0.317 e. The normalized spacial score (nSPS) is 25.4. The van der Waals surface area contributed by atoms with Crippen LogP contribution in [0.4, 0.5) is 0 Å². The Morgan fingerprint density at radius 2 is 2.20 bits per heavy atom. The number of alkyl halides is 1. The van der Waals surface area contributed by atoms with E-state index in [1.165, 1.54) is 32.2 Å². The Balaban J connectivity index is 1.99. The van der Waals surface area contributed by atoms with E-state index in [-0.39, 0.29) is 0 Å². The first-order chi connectivity index (χ1) is 7.20. The molecule has 1 heterocycles. The second-order valence-electron chi connectivity index (χ2n) is 4.74. The van der Waals surface area contributed by atoms with E-state index in [1.54, 1.807) is 0 Å². The number of halogens is 1. The highest BCUT2D eigenvalue weighted by Gasteiger charge is 2.17. The molecule has 1 aliphatic rings. The van der Waals surface area contributed by atoms with Crippen LogP contribution in [0, 0.1) is 0 Å². The maximum absolute atomic E-state index is 5.88. The number of piperidine rings is 1. The Labute approximate surface area is 99.4 Å². The van der Waals surface area contributed by atoms with Crippen molar-refractivity contribution in [2.75, 3.05) is 26.7 Å². The molecule has 0 bridgehead atoms. The van der Waals surface area contributed by atoms with Crippen LogP contribution >= 0.6 is 11.6 Å². The van der Waals surface area contributed by atoms with Crippen molar-refractivity contribution in [1.82, 2.24) is 10.2 Å². The lowest BCUT2D eigenvalue weighted by Gasteiger charge is -2.32. The monoisotopic (exact) mass is 232 g/mol. The van der Waals surface area contributed by atoms with Gasteiger partial charge >= 0.3 is 0 Å². The van der Waals surface area contributed by atoms with E-state index in [0.29, 0.717) is 5.38 Å². The molecule has 2 nitrogen and oxygen atoms in total. The van der Waals surface area contributed by atoms with E-state index in [0.717, 1.165) is 25.6 Å². The lowest BCUT2D eigenvalue weighted by molar-refractivity contribution is 0.175. The van der Waals surface area contributed by atoms with Gasteiger partial charge in [0.2, 0.25) is 0 Å². The molecule has 3 heteroatoms. The summed E-state index contributed by atoms with van der Waals surface area (Å²) in [5, 5.41) is 3.77. The number of rotatable bonds is 6. The third-order valence-corrected chi connectivity index (χ3v) is 3.51. The molecule has 0 saturated carbocycles. The maximum atomic E-state index is 5.88. The zero-order valence-corrected chi connectivity index (χ0v) is 10.9. The maximum Gasteiger partial charge on any atom is 0.0319 e. The number of nitrogens with one attached hydrogen (secondary N) is 1. The highest BCUT2D eigenvalue weighted by molar-refractivity contribution is 6.20. The molecule has 0 aliphatic carbocycles. The van der Waals surface area contributed by atoms with Crippen LogP contribution in [0.2, 0.25) is 0 Å². The predicted octanol–water partition coefficient (Wildman–Crippen LogP) is 2.47. The molecular formula is C12H25ClN2. The van der Waals surface area contributed by atoms with E-state index < -0.39 is 0 Å². The molecule has 2 unspecified atom stereocenters. The van der Waals surface area contributed by atoms with Gasteiger partial charge in [-0.3, -0.25) is 0 Å². The molecule has 0 aromatic rings. The van der Waals surface area contributed by atoms with Crippen LogP contribution in [0.3, 0.4) is 0 Å². The predicted molar refractivity (Wildman–Crippen MR) is 67.7 cm³/mol. The highest BCUT2D eigenvalue weighted by atomic mass is 35.5. The van der Waals surface area contributed by atoms with Gasteiger partial charge in [-0.15, -0.1) is 11.6 Å². The molecule has 0 spiro atoms. The molecule has 1 aliphatic heterocycles. The summed E-state index contributed by atoms with van der Waals surface area (Å²) in [7, 11) is 2.25. The number of nitrogens with zero attached hydrogens (tertiary/aromatic N) is 1. The number of likely N-dealkylation sites (tertiary alicyclic amines) is 1. The molecular weight excluding hydrogens is 208 g/mol. The van der Waals surface area contributed by atoms with Crippen molar-refractivity contribution in [3.63, 3.8) is 0 Å². The molecule has 90 valence electrons. The summed E-state index contributed by atoms with van der Waals surface area (Å²) in [6, 6.07) is 0.805. The fourth-order valence-electron chi connectivity index (χ4n) is 2.20. The van der Waals surface area contributed by atoms with E-state index in [1.807, 2.05) is 0 Å². The van der Waals surface area contributed by atoms with Gasteiger partial charge in [0.05, 0.1) is 0 Å². The lowest BCUT2D eigenvalue weighted by Crippen LogP contribution is -2.38. The zero-order valence-electron chi connectivity index (χ0n) is 10.1. The summed E-state index contributed by atoms with van der Waals surface area (Å²) >= 11 is 5.88. The lowest BCUT2D eigenvalue weighted by atomic mass is 10.0. The van der Waals surface area contributed by atoms with Gasteiger partial charge in [0.25, 0.3) is 0 Å². The second-order valence-corrected chi connectivity index (χ2v) is 5.48. The Bertz CT molecular complexity index is 162. The van der Waals surface area contributed by atoms with Crippen molar-refractivity contribution in [3.05, 3.63) is 0 Å². The standard InChI is InChI=1S/C12H25ClN2/c1-11(13)6-8-14-9-7-12-5-3-4-10-15(12)2/h11-12,14H,3-10H2,1-2H3. The van der Waals surface area contributed by atoms with Crippen molar-refractivity contribution in [2.24, 2.45) is 0 Å². The molecule has 2 atom stereocenters. The van der Waals surface area contributed by atoms with Crippen LogP contribution in [-0.2, 0) is 0 Å². The third kappa shape index (κ3) is 5.74. The van der Waals surface area contributed by atoms with Gasteiger partial charge in [0, 0.05) is 11.4 Å². The smallest absolute Gasteiger partial charge is 0.0319 e. The summed E-state index contributed by atoms with van der Waals surface area (Å²) in [6.07, 6.45) is 6.53. The Kier molecular flexibility index (Phi) is 6.62. The van der Waals surface area contributed by atoms with Crippen molar-refractivity contribution >= 4 is 11.6 Å². The Hall–Kier alpha value is 0.210. The Morgan fingerprint density at radius 3 is 2.87 bits per heavy atom. The minimum atomic E-state index is 0.301. The first-order valence-corrected chi connectivity index (χ1v) is 6.69. The van der Waals surface area contributed by atoms with Crippen LogP contribution in [0.25, 0.3) is 0 Å². The average molecular weight is 233 g/mol. The SMILES string of the molecule is CC(Cl)CCNCCC1CCCCN1C. The summed E-state index contributed by atoms with van der Waals surface area (Å²) in [5.74, 6) is 0. The van der Waals surface area contributed by atoms with Gasteiger partial charge in [-0.2, -0.15) is 0 Å². The summed E-state index contributed by atoms with van der Waals surface area (Å²) in [4.78, 5) is 2.51. The Morgan fingerprint density at radius 1 is 1.40 bits per heavy atom. The van der Waals surface area contributed by atoms with Gasteiger partial charge in [-0.05, 0) is 59.3 Å². The van der Waals surface area contributed by atoms with Crippen LogP contribution < -0.4 is 5.32 Å². The number of hydrogen-bond donors (Lipinski definition) is 1. The van der Waals surface area contributed by atoms with Crippen LogP contribution in [-0.4, -0.2) is 43.0 Å². The molecule has 0 aromatic carbocycles. The quantitative estimate of drug-likeness (QED) is 0.559. The zero-order chi connectivity index (χ0) is 11.1. The van der Waals surface area contributed by atoms with Crippen molar-refractivity contribution in [1.29, 1.82) is 0 Å². The van der Waals surface area contributed by atoms with Gasteiger partial charge in [0.15, 0.2) is 0 Å². The van der Waals surface area contributed by atoms with Crippen LogP contribution in [0.15, 0.2) is 0 Å². The van der Waals surface area contributed by atoms with Gasteiger partial charge in [0.1, 0.15) is 0 Å². The van der Waals surface area contributed by atoms with E-state index in [9.17, 15) is 0 Å². The molecule has 0 amide bonds. The summed E-state index contributed by atoms with van der Waals surface area (Å²) < 4.78 is 0. The molecule has 0 aromatic heterocycles. The summed E-state index contributed by atoms with van der Waals surface area (Å²) in [6.45, 7) is 5.53. The van der Waals surface area contributed by atoms with E-state index in [4.69, 9.17) is 11.6 Å². The van der Waals surface area contributed by atoms with Crippen molar-refractivity contribution < 1.29 is 0 Å². The fraction of sp³-hybridized carbons (Fsp3) is 1.00. The number of hydrogen-bond acceptors (Lipinski definition) is 2. The summed E-state index contributed by atoms with van der Waals surface area (Å²) in [5.41, 5.74) is 0. The third-order valence-electron chi connectivity index (χ3n) is 3.29. The molecule has 1 saturated heterocycles. The van der Waals surface area contributed by atoms with E-state index in [2.05, 4.69) is 24.2 Å². The van der Waals surface area contributed by atoms with Gasteiger partial charge in [-0.25, -0.2) is 0 Å². The average Bonchev–Trinajstić information content (AvgIpc) is 2.20. The molecule has 1 N–H and O–H groups in total. The highest BCUT2D eigenvalue weighted by Crippen LogP contribution is 2.16. The second kappa shape index (κ2) is 7.48. The topological polar surface area (TPSA) is 15.3 Å². The van der Waals surface area contributed by atoms with Crippen molar-refractivity contribution in [3.8, 4) is 0 Å². The molecule has 1 rings (SSSR count). The minimum Gasteiger partial charge on any atom is -0.317 e. The van der Waals surface area contributed by atoms with Crippen LogP contribution in [0.1, 0.15) is 39.0 Å². The minimum absolute atomic E-state index is 0.301. The molecule has 0 radical (unpaired) electrons. The first-order valence-electron chi connectivity index (χ1n) is 6.25. The van der Waals surface area contributed by atoms with Gasteiger partial charge in [-0.1, -0.05) is 6.42 Å². The van der Waals surface area contributed by atoms with Crippen LogP contribution in [0.5, 0.6) is 0 Å². The molecule has 15 heavy (non-hydrogen) atoms. The first kappa shape index (κ1) is 13.3. The molecule has 1 fully saturated rings. The fourth-order valence-corrected chi connectivity index (χ4v) is 2.31.